The Hall–Kier alpha value is -3.26. The Morgan fingerprint density at radius 2 is 2.09 bits per heavy atom. The van der Waals surface area contributed by atoms with Crippen LogP contribution in [0.3, 0.4) is 0 Å². The van der Waals surface area contributed by atoms with Crippen molar-refractivity contribution in [1.29, 1.82) is 0 Å². The van der Waals surface area contributed by atoms with Gasteiger partial charge >= 0.3 is 0 Å². The number of anilines is 1. The van der Waals surface area contributed by atoms with Gasteiger partial charge in [-0.3, -0.25) is 9.48 Å². The fourth-order valence-electron chi connectivity index (χ4n) is 4.26. The number of rotatable bonds is 4. The van der Waals surface area contributed by atoms with Crippen LogP contribution in [0.5, 0.6) is 0 Å². The van der Waals surface area contributed by atoms with E-state index in [1.54, 1.807) is 10.9 Å². The molecule has 2 atom stereocenters. The van der Waals surface area contributed by atoms with Crippen molar-refractivity contribution in [3.8, 4) is 0 Å². The Kier molecular flexibility index (Phi) is 6.23. The van der Waals surface area contributed by atoms with E-state index in [9.17, 15) is 4.79 Å². The van der Waals surface area contributed by atoms with Crippen LogP contribution < -0.4 is 10.6 Å². The van der Waals surface area contributed by atoms with E-state index < -0.39 is 0 Å². The number of hydrogen-bond acceptors (Lipinski definition) is 5. The highest BCUT2D eigenvalue weighted by Gasteiger charge is 2.26. The summed E-state index contributed by atoms with van der Waals surface area (Å²) in [5, 5.41) is 11.9. The number of fused-ring (bicyclic) bond motifs is 2. The van der Waals surface area contributed by atoms with Crippen LogP contribution in [0, 0.1) is 12.8 Å². The van der Waals surface area contributed by atoms with Crippen molar-refractivity contribution in [1.82, 2.24) is 29.5 Å². The van der Waals surface area contributed by atoms with Crippen molar-refractivity contribution in [2.75, 3.05) is 11.9 Å². The molecule has 2 unspecified atom stereocenters. The van der Waals surface area contributed by atoms with Gasteiger partial charge in [0.15, 0.2) is 5.65 Å². The molecule has 4 aromatic rings. The minimum atomic E-state index is -0.203. The number of benzene rings is 1. The summed E-state index contributed by atoms with van der Waals surface area (Å²) in [4.78, 5) is 21.9. The monoisotopic (exact) mass is 433 g/mol. The molecule has 32 heavy (non-hydrogen) atoms. The zero-order chi connectivity index (χ0) is 22.8. The number of aromatic nitrogens is 5. The lowest BCUT2D eigenvalue weighted by Gasteiger charge is -2.06. The summed E-state index contributed by atoms with van der Waals surface area (Å²) in [5.41, 5.74) is 4.24. The van der Waals surface area contributed by atoms with Gasteiger partial charge in [-0.15, -0.1) is 0 Å². The zero-order valence-electron chi connectivity index (χ0n) is 19.4. The van der Waals surface area contributed by atoms with Gasteiger partial charge in [-0.1, -0.05) is 33.3 Å². The van der Waals surface area contributed by atoms with Crippen LogP contribution >= 0.6 is 0 Å². The second-order valence-electron chi connectivity index (χ2n) is 8.07. The molecular weight excluding hydrogens is 402 g/mol. The Bertz CT molecular complexity index is 1260. The third kappa shape index (κ3) is 4.10. The van der Waals surface area contributed by atoms with Crippen LogP contribution in [0.15, 0.2) is 36.8 Å². The molecule has 1 aromatic carbocycles. The first-order chi connectivity index (χ1) is 15.5. The second-order valence-corrected chi connectivity index (χ2v) is 8.07. The van der Waals surface area contributed by atoms with Crippen molar-refractivity contribution < 1.29 is 4.79 Å². The minimum Gasteiger partial charge on any atom is -0.308 e. The number of carbonyl (C=O) groups is 1. The van der Waals surface area contributed by atoms with E-state index in [0.29, 0.717) is 17.3 Å². The molecule has 8 heteroatoms. The molecule has 5 rings (SSSR count). The van der Waals surface area contributed by atoms with E-state index in [1.165, 1.54) is 6.42 Å². The maximum Gasteiger partial charge on any atom is 0.256 e. The molecule has 0 radical (unpaired) electrons. The molecule has 0 aliphatic carbocycles. The largest absolute Gasteiger partial charge is 0.308 e. The lowest BCUT2D eigenvalue weighted by Crippen LogP contribution is -2.13. The first-order valence-corrected chi connectivity index (χ1v) is 11.3. The van der Waals surface area contributed by atoms with Crippen LogP contribution in [0.2, 0.25) is 0 Å². The highest BCUT2D eigenvalue weighted by molar-refractivity contribution is 6.05. The van der Waals surface area contributed by atoms with Gasteiger partial charge in [0.2, 0.25) is 0 Å². The van der Waals surface area contributed by atoms with Crippen molar-refractivity contribution in [2.24, 2.45) is 13.0 Å². The smallest absolute Gasteiger partial charge is 0.256 e. The standard InChI is InChI=1S/C22H25N7O.C2H6/c1-4-14-7-17(23-9-14)18-11-29-12-20(24-10-21(29)25-18)26-22(30)15-5-6-16-13(2)27-28(3)19(16)8-15;1-2/h5-6,8,10-12,14,17,23H,4,7,9H2,1-3H3,(H,26,30);1-2H3. The molecular formula is C24H31N7O. The number of amides is 1. The summed E-state index contributed by atoms with van der Waals surface area (Å²) in [7, 11) is 1.88. The maximum atomic E-state index is 12.8. The molecule has 0 saturated carbocycles. The van der Waals surface area contributed by atoms with E-state index in [2.05, 4.69) is 27.6 Å². The summed E-state index contributed by atoms with van der Waals surface area (Å²) in [6.07, 6.45) is 7.81. The number of carbonyl (C=O) groups excluding carboxylic acids is 1. The van der Waals surface area contributed by atoms with Crippen LogP contribution in [0.25, 0.3) is 16.6 Å². The average molecular weight is 434 g/mol. The summed E-state index contributed by atoms with van der Waals surface area (Å²) >= 11 is 0. The molecule has 2 N–H and O–H groups in total. The maximum absolute atomic E-state index is 12.8. The summed E-state index contributed by atoms with van der Waals surface area (Å²) < 4.78 is 3.71. The predicted molar refractivity (Wildman–Crippen MR) is 127 cm³/mol. The number of imidazole rings is 1. The normalized spacial score (nSPS) is 18.0. The Labute approximate surface area is 188 Å². The van der Waals surface area contributed by atoms with Gasteiger partial charge in [0.25, 0.3) is 5.91 Å². The van der Waals surface area contributed by atoms with Gasteiger partial charge in [0.1, 0.15) is 5.82 Å². The molecule has 8 nitrogen and oxygen atoms in total. The molecule has 3 aromatic heterocycles. The molecule has 1 fully saturated rings. The van der Waals surface area contributed by atoms with Crippen LogP contribution in [0.1, 0.15) is 61.4 Å². The first-order valence-electron chi connectivity index (χ1n) is 11.3. The molecule has 0 spiro atoms. The molecule has 4 heterocycles. The van der Waals surface area contributed by atoms with Crippen molar-refractivity contribution in [2.45, 2.75) is 46.6 Å². The fourth-order valence-corrected chi connectivity index (χ4v) is 4.26. The highest BCUT2D eigenvalue weighted by Crippen LogP contribution is 2.28. The zero-order valence-corrected chi connectivity index (χ0v) is 19.4. The van der Waals surface area contributed by atoms with Gasteiger partial charge in [-0.05, 0) is 37.9 Å². The Balaban J connectivity index is 0.00000119. The van der Waals surface area contributed by atoms with E-state index in [0.717, 1.165) is 40.9 Å². The Morgan fingerprint density at radius 1 is 1.28 bits per heavy atom. The van der Waals surface area contributed by atoms with Crippen LogP contribution in [-0.2, 0) is 7.05 Å². The molecule has 0 bridgehead atoms. The van der Waals surface area contributed by atoms with E-state index in [4.69, 9.17) is 4.98 Å². The van der Waals surface area contributed by atoms with Crippen molar-refractivity contribution in [3.63, 3.8) is 0 Å². The quantitative estimate of drug-likeness (QED) is 0.502. The number of nitrogens with one attached hydrogen (secondary N) is 2. The van der Waals surface area contributed by atoms with Gasteiger partial charge < -0.3 is 15.0 Å². The molecule has 1 aliphatic heterocycles. The lowest BCUT2D eigenvalue weighted by atomic mass is 10.0. The summed E-state index contributed by atoms with van der Waals surface area (Å²) in [5.74, 6) is 0.989. The van der Waals surface area contributed by atoms with Gasteiger partial charge in [0.05, 0.1) is 35.3 Å². The Morgan fingerprint density at radius 3 is 2.84 bits per heavy atom. The number of hydrogen-bond donors (Lipinski definition) is 2. The number of nitrogens with zero attached hydrogens (tertiary/aromatic N) is 5. The van der Waals surface area contributed by atoms with Crippen LogP contribution in [-0.4, -0.2) is 36.6 Å². The van der Waals surface area contributed by atoms with Gasteiger partial charge in [-0.2, -0.15) is 5.10 Å². The lowest BCUT2D eigenvalue weighted by molar-refractivity contribution is 0.102. The SMILES string of the molecule is CC.CCC1CNC(c2cn3cc(NC(=O)c4ccc5c(C)nn(C)c5c4)ncc3n2)C1. The van der Waals surface area contributed by atoms with Gasteiger partial charge in [-0.25, -0.2) is 9.97 Å². The first kappa shape index (κ1) is 22.0. The third-order valence-corrected chi connectivity index (χ3v) is 6.06. The minimum absolute atomic E-state index is 0.203. The van der Waals surface area contributed by atoms with E-state index >= 15 is 0 Å². The molecule has 168 valence electrons. The topological polar surface area (TPSA) is 89.1 Å². The van der Waals surface area contributed by atoms with Crippen molar-refractivity contribution >= 4 is 28.3 Å². The van der Waals surface area contributed by atoms with E-state index in [-0.39, 0.29) is 11.9 Å². The average Bonchev–Trinajstić information content (AvgIpc) is 3.52. The van der Waals surface area contributed by atoms with Crippen LogP contribution in [0.4, 0.5) is 5.82 Å². The fraction of sp³-hybridized carbons (Fsp3) is 0.417. The van der Waals surface area contributed by atoms with E-state index in [1.807, 2.05) is 62.8 Å². The van der Waals surface area contributed by atoms with Crippen molar-refractivity contribution in [3.05, 3.63) is 53.7 Å². The summed E-state index contributed by atoms with van der Waals surface area (Å²) in [6, 6.07) is 5.88. The number of aryl methyl sites for hydroxylation is 2. The molecule has 1 saturated heterocycles. The third-order valence-electron chi connectivity index (χ3n) is 6.06. The predicted octanol–water partition coefficient (Wildman–Crippen LogP) is 4.26. The van der Waals surface area contributed by atoms with Gasteiger partial charge in [0, 0.05) is 24.2 Å². The molecule has 1 amide bonds. The summed E-state index contributed by atoms with van der Waals surface area (Å²) in [6.45, 7) is 9.23. The molecule has 1 aliphatic rings. The highest BCUT2D eigenvalue weighted by atomic mass is 16.1. The second kappa shape index (κ2) is 9.08.